The number of phenolic OH excluding ortho intramolecular Hbond substituents is 1. The van der Waals surface area contributed by atoms with Gasteiger partial charge in [0.05, 0.1) is 19.9 Å². The lowest BCUT2D eigenvalue weighted by atomic mass is 9.99. The van der Waals surface area contributed by atoms with E-state index in [-0.39, 0.29) is 17.1 Å². The molecule has 0 amide bonds. The Hall–Kier alpha value is -2.95. The van der Waals surface area contributed by atoms with Crippen molar-refractivity contribution in [3.05, 3.63) is 47.5 Å². The minimum atomic E-state index is -0.564. The van der Waals surface area contributed by atoms with Crippen LogP contribution in [0.25, 0.3) is 22.2 Å². The summed E-state index contributed by atoms with van der Waals surface area (Å²) in [5.41, 5.74) is 3.61. The third kappa shape index (κ3) is 2.30. The number of rotatable bonds is 3. The summed E-state index contributed by atoms with van der Waals surface area (Å²) in [6.45, 7) is 1.98. The van der Waals surface area contributed by atoms with Gasteiger partial charge in [0.1, 0.15) is 5.56 Å². The number of H-pyrrole nitrogens is 1. The Morgan fingerprint density at radius 2 is 1.87 bits per heavy atom. The van der Waals surface area contributed by atoms with E-state index in [0.29, 0.717) is 5.56 Å². The molecule has 5 heteroatoms. The molecule has 0 saturated heterocycles. The number of hydrogen-bond acceptors (Lipinski definition) is 4. The third-order valence-electron chi connectivity index (χ3n) is 3.97. The Labute approximate surface area is 133 Å². The maximum atomic E-state index is 12.2. The number of ether oxygens (including phenoxy) is 2. The van der Waals surface area contributed by atoms with E-state index in [1.807, 2.05) is 31.2 Å². The molecule has 0 fully saturated rings. The number of para-hydroxylation sites is 1. The van der Waals surface area contributed by atoms with Crippen molar-refractivity contribution in [2.75, 3.05) is 14.2 Å². The molecule has 0 unspecified atom stereocenters. The fourth-order valence-corrected chi connectivity index (χ4v) is 2.84. The number of hydrogen-bond donors (Lipinski definition) is 2. The number of aryl methyl sites for hydroxylation is 1. The SMILES string of the molecule is COC(=O)c1c(-c2[nH]c3ccccc3c2C)ccc(O)c1OC. The van der Waals surface area contributed by atoms with Crippen LogP contribution in [0.3, 0.4) is 0 Å². The first-order chi connectivity index (χ1) is 11.1. The zero-order valence-corrected chi connectivity index (χ0v) is 13.1. The number of carbonyl (C=O) groups is 1. The van der Waals surface area contributed by atoms with Crippen LogP contribution in [0.15, 0.2) is 36.4 Å². The fraction of sp³-hybridized carbons (Fsp3) is 0.167. The zero-order valence-electron chi connectivity index (χ0n) is 13.1. The minimum absolute atomic E-state index is 0.104. The van der Waals surface area contributed by atoms with Gasteiger partial charge in [0, 0.05) is 16.5 Å². The molecule has 23 heavy (non-hydrogen) atoms. The van der Waals surface area contributed by atoms with Gasteiger partial charge in [-0.05, 0) is 30.7 Å². The molecule has 1 aromatic heterocycles. The van der Waals surface area contributed by atoms with Crippen molar-refractivity contribution in [3.63, 3.8) is 0 Å². The van der Waals surface area contributed by atoms with E-state index in [0.717, 1.165) is 22.2 Å². The Morgan fingerprint density at radius 3 is 2.52 bits per heavy atom. The summed E-state index contributed by atoms with van der Waals surface area (Å²) in [5.74, 6) is -0.566. The quantitative estimate of drug-likeness (QED) is 0.724. The molecule has 0 saturated carbocycles. The predicted octanol–water partition coefficient (Wildman–Crippen LogP) is 3.64. The Balaban J connectivity index is 2.34. The summed E-state index contributed by atoms with van der Waals surface area (Å²) in [6.07, 6.45) is 0. The highest BCUT2D eigenvalue weighted by Gasteiger charge is 2.24. The van der Waals surface area contributed by atoms with Gasteiger partial charge >= 0.3 is 5.97 Å². The molecule has 0 atom stereocenters. The van der Waals surface area contributed by atoms with E-state index in [9.17, 15) is 9.90 Å². The van der Waals surface area contributed by atoms with Crippen LogP contribution in [0.1, 0.15) is 15.9 Å². The van der Waals surface area contributed by atoms with Crippen LogP contribution >= 0.6 is 0 Å². The fourth-order valence-electron chi connectivity index (χ4n) is 2.84. The predicted molar refractivity (Wildman–Crippen MR) is 88.0 cm³/mol. The largest absolute Gasteiger partial charge is 0.504 e. The topological polar surface area (TPSA) is 71.6 Å². The molecule has 2 aromatic carbocycles. The van der Waals surface area contributed by atoms with E-state index >= 15 is 0 Å². The van der Waals surface area contributed by atoms with Gasteiger partial charge in [0.25, 0.3) is 0 Å². The lowest BCUT2D eigenvalue weighted by Gasteiger charge is -2.13. The van der Waals surface area contributed by atoms with Crippen molar-refractivity contribution >= 4 is 16.9 Å². The number of nitrogens with one attached hydrogen (secondary N) is 1. The smallest absolute Gasteiger partial charge is 0.342 e. The first-order valence-electron chi connectivity index (χ1n) is 7.14. The molecule has 0 radical (unpaired) electrons. The second-order valence-corrected chi connectivity index (χ2v) is 5.20. The van der Waals surface area contributed by atoms with E-state index in [1.165, 1.54) is 20.3 Å². The monoisotopic (exact) mass is 311 g/mol. The maximum absolute atomic E-state index is 12.2. The van der Waals surface area contributed by atoms with Crippen molar-refractivity contribution in [1.82, 2.24) is 4.98 Å². The van der Waals surface area contributed by atoms with E-state index in [4.69, 9.17) is 9.47 Å². The van der Waals surface area contributed by atoms with Gasteiger partial charge in [0.15, 0.2) is 11.5 Å². The van der Waals surface area contributed by atoms with Crippen LogP contribution in [0.2, 0.25) is 0 Å². The van der Waals surface area contributed by atoms with Crippen LogP contribution in [-0.4, -0.2) is 30.3 Å². The summed E-state index contributed by atoms with van der Waals surface area (Å²) in [5, 5.41) is 11.0. The first kappa shape index (κ1) is 15.0. The standard InChI is InChI=1S/C18H17NO4/c1-10-11-6-4-5-7-13(11)19-16(10)12-8-9-14(20)17(22-2)15(12)18(21)23-3/h4-9,19-20H,1-3H3. The minimum Gasteiger partial charge on any atom is -0.504 e. The van der Waals surface area contributed by atoms with Crippen molar-refractivity contribution < 1.29 is 19.4 Å². The number of carbonyl (C=O) groups excluding carboxylic acids is 1. The highest BCUT2D eigenvalue weighted by atomic mass is 16.5. The van der Waals surface area contributed by atoms with E-state index in [2.05, 4.69) is 4.98 Å². The first-order valence-corrected chi connectivity index (χ1v) is 7.14. The molecule has 0 spiro atoms. The molecular weight excluding hydrogens is 294 g/mol. The second-order valence-electron chi connectivity index (χ2n) is 5.20. The number of phenols is 1. The third-order valence-corrected chi connectivity index (χ3v) is 3.97. The number of aromatic amines is 1. The number of fused-ring (bicyclic) bond motifs is 1. The lowest BCUT2D eigenvalue weighted by Crippen LogP contribution is -2.07. The molecule has 2 N–H and O–H groups in total. The molecule has 0 bridgehead atoms. The number of aromatic nitrogens is 1. The maximum Gasteiger partial charge on any atom is 0.342 e. The van der Waals surface area contributed by atoms with Crippen molar-refractivity contribution in [3.8, 4) is 22.8 Å². The summed E-state index contributed by atoms with van der Waals surface area (Å²) in [7, 11) is 2.71. The van der Waals surface area contributed by atoms with Gasteiger partial charge < -0.3 is 19.6 Å². The molecule has 0 aliphatic heterocycles. The average Bonchev–Trinajstić information content (AvgIpc) is 2.91. The highest BCUT2D eigenvalue weighted by molar-refractivity contribution is 6.03. The van der Waals surface area contributed by atoms with Gasteiger partial charge in [0.2, 0.25) is 0 Å². The van der Waals surface area contributed by atoms with Crippen LogP contribution < -0.4 is 4.74 Å². The molecule has 3 rings (SSSR count). The number of methoxy groups -OCH3 is 2. The summed E-state index contributed by atoms with van der Waals surface area (Å²) in [4.78, 5) is 15.6. The molecule has 0 aliphatic rings. The molecule has 1 heterocycles. The van der Waals surface area contributed by atoms with Gasteiger partial charge in [-0.1, -0.05) is 18.2 Å². The van der Waals surface area contributed by atoms with Crippen LogP contribution in [-0.2, 0) is 4.74 Å². The molecular formula is C18H17NO4. The van der Waals surface area contributed by atoms with Crippen molar-refractivity contribution in [2.45, 2.75) is 6.92 Å². The Morgan fingerprint density at radius 1 is 1.13 bits per heavy atom. The molecule has 5 nitrogen and oxygen atoms in total. The normalized spacial score (nSPS) is 10.7. The van der Waals surface area contributed by atoms with Crippen molar-refractivity contribution in [2.24, 2.45) is 0 Å². The lowest BCUT2D eigenvalue weighted by molar-refractivity contribution is 0.0597. The van der Waals surface area contributed by atoms with Gasteiger partial charge in [-0.2, -0.15) is 0 Å². The van der Waals surface area contributed by atoms with Gasteiger partial charge in [-0.25, -0.2) is 4.79 Å². The Bertz CT molecular complexity index is 895. The Kier molecular flexibility index (Phi) is 3.70. The number of esters is 1. The summed E-state index contributed by atoms with van der Waals surface area (Å²) < 4.78 is 10.1. The second kappa shape index (κ2) is 5.68. The molecule has 3 aromatic rings. The average molecular weight is 311 g/mol. The number of aromatic hydroxyl groups is 1. The highest BCUT2D eigenvalue weighted by Crippen LogP contribution is 2.40. The van der Waals surface area contributed by atoms with Gasteiger partial charge in [-0.3, -0.25) is 0 Å². The van der Waals surface area contributed by atoms with Crippen LogP contribution in [0, 0.1) is 6.92 Å². The van der Waals surface area contributed by atoms with E-state index in [1.54, 1.807) is 6.07 Å². The molecule has 118 valence electrons. The zero-order chi connectivity index (χ0) is 16.6. The van der Waals surface area contributed by atoms with Gasteiger partial charge in [-0.15, -0.1) is 0 Å². The van der Waals surface area contributed by atoms with Crippen LogP contribution in [0.4, 0.5) is 0 Å². The number of benzene rings is 2. The van der Waals surface area contributed by atoms with E-state index < -0.39 is 5.97 Å². The van der Waals surface area contributed by atoms with Crippen molar-refractivity contribution in [1.29, 1.82) is 0 Å². The summed E-state index contributed by atoms with van der Waals surface area (Å²) >= 11 is 0. The summed E-state index contributed by atoms with van der Waals surface area (Å²) in [6, 6.07) is 11.1. The van der Waals surface area contributed by atoms with Crippen LogP contribution in [0.5, 0.6) is 11.5 Å². The molecule has 0 aliphatic carbocycles.